The summed E-state index contributed by atoms with van der Waals surface area (Å²) in [6.45, 7) is 7.60. The first kappa shape index (κ1) is 18.9. The van der Waals surface area contributed by atoms with Crippen LogP contribution < -0.4 is 11.4 Å². The van der Waals surface area contributed by atoms with Gasteiger partial charge in [0.15, 0.2) is 0 Å². The molecule has 1 atom stereocenters. The Morgan fingerprint density at radius 2 is 1.93 bits per heavy atom. The Balaban J connectivity index is 1.59. The zero-order valence-electron chi connectivity index (χ0n) is 17.5. The molecule has 0 unspecified atom stereocenters. The van der Waals surface area contributed by atoms with E-state index in [9.17, 15) is 4.79 Å². The number of anilines is 1. The Labute approximate surface area is 175 Å². The number of nitrogens with one attached hydrogen (secondary N) is 1. The van der Waals surface area contributed by atoms with E-state index in [2.05, 4.69) is 46.9 Å². The van der Waals surface area contributed by atoms with Crippen LogP contribution in [-0.4, -0.2) is 32.5 Å². The molecule has 0 spiro atoms. The minimum absolute atomic E-state index is 0.129. The summed E-state index contributed by atoms with van der Waals surface area (Å²) in [5.41, 5.74) is 11.9. The first-order valence-corrected chi connectivity index (χ1v) is 10.6. The summed E-state index contributed by atoms with van der Waals surface area (Å²) in [4.78, 5) is 22.8. The average molecular weight is 402 g/mol. The zero-order chi connectivity index (χ0) is 20.8. The topological polar surface area (TPSA) is 79.9 Å². The van der Waals surface area contributed by atoms with Crippen molar-refractivity contribution < 1.29 is 0 Å². The van der Waals surface area contributed by atoms with Crippen LogP contribution in [0, 0.1) is 6.92 Å². The Kier molecular flexibility index (Phi) is 4.59. The summed E-state index contributed by atoms with van der Waals surface area (Å²) in [6, 6.07) is 14.3. The summed E-state index contributed by atoms with van der Waals surface area (Å²) < 4.78 is 1.81. The molecule has 2 aromatic heterocycles. The van der Waals surface area contributed by atoms with Crippen LogP contribution in [0.3, 0.4) is 0 Å². The van der Waals surface area contributed by atoms with E-state index >= 15 is 0 Å². The lowest BCUT2D eigenvalue weighted by atomic mass is 10.0. The van der Waals surface area contributed by atoms with Gasteiger partial charge in [0.25, 0.3) is 0 Å². The van der Waals surface area contributed by atoms with Crippen LogP contribution in [0.25, 0.3) is 21.9 Å². The molecule has 3 N–H and O–H groups in total. The van der Waals surface area contributed by atoms with Crippen LogP contribution in [0.5, 0.6) is 0 Å². The molecule has 30 heavy (non-hydrogen) atoms. The van der Waals surface area contributed by atoms with E-state index in [1.807, 2.05) is 28.8 Å². The fraction of sp³-hybridized carbons (Fsp3) is 0.333. The van der Waals surface area contributed by atoms with E-state index in [1.165, 1.54) is 37.1 Å². The summed E-state index contributed by atoms with van der Waals surface area (Å²) in [5, 5.41) is 0.925. The number of aryl methyl sites for hydroxylation is 1. The van der Waals surface area contributed by atoms with Gasteiger partial charge in [0, 0.05) is 11.9 Å². The van der Waals surface area contributed by atoms with Crippen molar-refractivity contribution >= 4 is 27.8 Å². The molecule has 0 saturated carbocycles. The fourth-order valence-electron chi connectivity index (χ4n) is 4.71. The zero-order valence-corrected chi connectivity index (χ0v) is 17.5. The lowest BCUT2D eigenvalue weighted by molar-refractivity contribution is 0.330. The number of likely N-dealkylation sites (tertiary alicyclic amines) is 1. The number of aromatic amines is 1. The molecule has 4 aromatic rings. The van der Waals surface area contributed by atoms with Gasteiger partial charge >= 0.3 is 5.69 Å². The number of H-pyrrole nitrogens is 1. The number of hydrogen-bond donors (Lipinski definition) is 2. The minimum atomic E-state index is -0.166. The second-order valence-corrected chi connectivity index (χ2v) is 8.38. The summed E-state index contributed by atoms with van der Waals surface area (Å²) in [5.74, 6) is 0.351. The second-order valence-electron chi connectivity index (χ2n) is 8.38. The van der Waals surface area contributed by atoms with Crippen LogP contribution in [0.4, 0.5) is 5.82 Å². The first-order valence-electron chi connectivity index (χ1n) is 10.6. The highest BCUT2D eigenvalue weighted by molar-refractivity contribution is 6.06. The van der Waals surface area contributed by atoms with E-state index < -0.39 is 0 Å². The molecule has 0 radical (unpaired) electrons. The average Bonchev–Trinajstić information content (AvgIpc) is 3.37. The number of nitrogens with two attached hydrogens (primary N) is 1. The molecule has 6 heteroatoms. The molecular weight excluding hydrogens is 374 g/mol. The smallest absolute Gasteiger partial charge is 0.327 e. The van der Waals surface area contributed by atoms with Crippen molar-refractivity contribution in [2.75, 3.05) is 18.8 Å². The summed E-state index contributed by atoms with van der Waals surface area (Å²) in [7, 11) is 0. The van der Waals surface area contributed by atoms with Crippen molar-refractivity contribution in [3.8, 4) is 0 Å². The van der Waals surface area contributed by atoms with E-state index in [0.29, 0.717) is 11.3 Å². The molecule has 1 aliphatic rings. The number of imidazole rings is 1. The monoisotopic (exact) mass is 401 g/mol. The molecule has 1 saturated heterocycles. The maximum atomic E-state index is 12.9. The molecule has 6 nitrogen and oxygen atoms in total. The third-order valence-corrected chi connectivity index (χ3v) is 6.41. The van der Waals surface area contributed by atoms with E-state index in [0.717, 1.165) is 28.5 Å². The number of nitrogen functional groups attached to an aromatic ring is 1. The van der Waals surface area contributed by atoms with Gasteiger partial charge in [0.1, 0.15) is 11.3 Å². The van der Waals surface area contributed by atoms with Crippen LogP contribution in [-0.2, 0) is 6.54 Å². The predicted molar refractivity (Wildman–Crippen MR) is 122 cm³/mol. The molecule has 1 aliphatic heterocycles. The molecule has 2 aromatic carbocycles. The quantitative estimate of drug-likeness (QED) is 0.542. The number of para-hydroxylation sites is 1. The maximum absolute atomic E-state index is 12.9. The van der Waals surface area contributed by atoms with Crippen molar-refractivity contribution in [1.82, 2.24) is 19.4 Å². The summed E-state index contributed by atoms with van der Waals surface area (Å²) in [6.07, 6.45) is 2.59. The van der Waals surface area contributed by atoms with E-state index in [1.54, 1.807) is 0 Å². The SMILES string of the molecule is Cc1cc([C@@H](C)n2c(=O)[nH]c3c(N)nc4ccccc4c32)ccc1CN1CCCC1. The molecule has 0 bridgehead atoms. The Morgan fingerprint density at radius 3 is 2.70 bits per heavy atom. The number of hydrogen-bond acceptors (Lipinski definition) is 4. The number of pyridine rings is 1. The van der Waals surface area contributed by atoms with Gasteiger partial charge in [-0.3, -0.25) is 9.47 Å². The van der Waals surface area contributed by atoms with Crippen molar-refractivity contribution in [3.63, 3.8) is 0 Å². The Morgan fingerprint density at radius 1 is 1.17 bits per heavy atom. The number of fused-ring (bicyclic) bond motifs is 3. The van der Waals surface area contributed by atoms with Gasteiger partial charge in [-0.15, -0.1) is 0 Å². The molecule has 0 amide bonds. The standard InChI is InChI=1S/C24H27N5O/c1-15-13-17(9-10-18(15)14-28-11-5-6-12-28)16(2)29-22-19-7-3-4-8-20(19)26-23(25)21(22)27-24(29)30/h3-4,7-10,13,16H,5-6,11-12,14H2,1-2H3,(H2,25,26)(H,27,30)/t16-/m1/s1. The maximum Gasteiger partial charge on any atom is 0.327 e. The van der Waals surface area contributed by atoms with Gasteiger partial charge in [-0.2, -0.15) is 0 Å². The van der Waals surface area contributed by atoms with Gasteiger partial charge in [-0.1, -0.05) is 36.4 Å². The lowest BCUT2D eigenvalue weighted by Gasteiger charge is -2.19. The first-order chi connectivity index (χ1) is 14.5. The molecular formula is C24H27N5O. The highest BCUT2D eigenvalue weighted by Crippen LogP contribution is 2.30. The number of benzene rings is 2. The van der Waals surface area contributed by atoms with E-state index in [-0.39, 0.29) is 11.7 Å². The van der Waals surface area contributed by atoms with Crippen molar-refractivity contribution in [2.24, 2.45) is 0 Å². The molecule has 1 fully saturated rings. The van der Waals surface area contributed by atoms with Crippen LogP contribution in [0.15, 0.2) is 47.3 Å². The number of aromatic nitrogens is 3. The van der Waals surface area contributed by atoms with Crippen LogP contribution in [0.2, 0.25) is 0 Å². The predicted octanol–water partition coefficient (Wildman–Crippen LogP) is 3.97. The third kappa shape index (κ3) is 3.08. The molecule has 5 rings (SSSR count). The van der Waals surface area contributed by atoms with Crippen molar-refractivity contribution in [2.45, 2.75) is 39.3 Å². The normalized spacial score (nSPS) is 15.9. The van der Waals surface area contributed by atoms with E-state index in [4.69, 9.17) is 5.73 Å². The molecule has 154 valence electrons. The number of nitrogens with zero attached hydrogens (tertiary/aromatic N) is 3. The van der Waals surface area contributed by atoms with Crippen molar-refractivity contribution in [1.29, 1.82) is 0 Å². The molecule has 3 heterocycles. The van der Waals surface area contributed by atoms with Gasteiger partial charge in [-0.25, -0.2) is 9.78 Å². The Bertz CT molecular complexity index is 1300. The van der Waals surface area contributed by atoms with Gasteiger partial charge in [0.2, 0.25) is 0 Å². The van der Waals surface area contributed by atoms with Gasteiger partial charge < -0.3 is 10.7 Å². The third-order valence-electron chi connectivity index (χ3n) is 6.41. The van der Waals surface area contributed by atoms with Crippen molar-refractivity contribution in [3.05, 3.63) is 69.6 Å². The highest BCUT2D eigenvalue weighted by atomic mass is 16.1. The van der Waals surface area contributed by atoms with Crippen LogP contribution >= 0.6 is 0 Å². The Hall–Kier alpha value is -3.12. The second kappa shape index (κ2) is 7.29. The summed E-state index contributed by atoms with van der Waals surface area (Å²) >= 11 is 0. The van der Waals surface area contributed by atoms with Gasteiger partial charge in [-0.05, 0) is 62.5 Å². The lowest BCUT2D eigenvalue weighted by Crippen LogP contribution is -2.22. The largest absolute Gasteiger partial charge is 0.382 e. The number of rotatable bonds is 4. The van der Waals surface area contributed by atoms with Crippen LogP contribution in [0.1, 0.15) is 42.5 Å². The van der Waals surface area contributed by atoms with Gasteiger partial charge in [0.05, 0.1) is 17.1 Å². The minimum Gasteiger partial charge on any atom is -0.382 e. The highest BCUT2D eigenvalue weighted by Gasteiger charge is 2.20. The fourth-order valence-corrected chi connectivity index (χ4v) is 4.71. The molecule has 0 aliphatic carbocycles.